The molecule has 2 rings (SSSR count). The lowest BCUT2D eigenvalue weighted by Crippen LogP contribution is -2.12. The molecule has 0 spiro atoms. The van der Waals surface area contributed by atoms with Gasteiger partial charge in [0.05, 0.1) is 10.9 Å². The van der Waals surface area contributed by atoms with E-state index in [-0.39, 0.29) is 0 Å². The molecule has 0 N–H and O–H groups in total. The molecule has 2 aromatic rings. The maximum atomic E-state index is 5.95. The molecule has 0 amide bonds. The fraction of sp³-hybridized carbons (Fsp3) is 0.500. The van der Waals surface area contributed by atoms with Gasteiger partial charge in [-0.2, -0.15) is 11.8 Å². The van der Waals surface area contributed by atoms with Gasteiger partial charge >= 0.3 is 0 Å². The van der Waals surface area contributed by atoms with Crippen LogP contribution in [-0.4, -0.2) is 26.5 Å². The minimum atomic E-state index is 0.389. The van der Waals surface area contributed by atoms with Crippen molar-refractivity contribution in [2.75, 3.05) is 12.0 Å². The minimum absolute atomic E-state index is 0.389. The molecule has 0 aliphatic rings. The summed E-state index contributed by atoms with van der Waals surface area (Å²) in [5.74, 6) is 2.90. The second-order valence-electron chi connectivity index (χ2n) is 4.33. The summed E-state index contributed by atoms with van der Waals surface area (Å²) in [6.45, 7) is 3.10. The first kappa shape index (κ1) is 14.0. The Bertz CT molecular complexity index is 541. The Kier molecular flexibility index (Phi) is 4.76. The van der Waals surface area contributed by atoms with Crippen molar-refractivity contribution in [1.29, 1.82) is 0 Å². The van der Waals surface area contributed by atoms with E-state index < -0.39 is 0 Å². The molecule has 0 bridgehead atoms. The number of hydrogen-bond donors (Lipinski definition) is 0. The van der Waals surface area contributed by atoms with E-state index in [0.717, 1.165) is 29.3 Å². The third-order valence-electron chi connectivity index (χ3n) is 2.70. The van der Waals surface area contributed by atoms with Crippen LogP contribution in [0.3, 0.4) is 0 Å². The highest BCUT2D eigenvalue weighted by Crippen LogP contribution is 2.21. The Hall–Kier alpha value is -0.450. The summed E-state index contributed by atoms with van der Waals surface area (Å²) in [4.78, 5) is 8.85. The zero-order chi connectivity index (χ0) is 13.1. The van der Waals surface area contributed by atoms with Gasteiger partial charge < -0.3 is 4.57 Å². The predicted molar refractivity (Wildman–Crippen MR) is 79.6 cm³/mol. The molecule has 6 heteroatoms. The van der Waals surface area contributed by atoms with E-state index >= 15 is 0 Å². The van der Waals surface area contributed by atoms with Crippen LogP contribution in [0.15, 0.2) is 12.3 Å². The van der Waals surface area contributed by atoms with Crippen LogP contribution in [0.2, 0.25) is 5.02 Å². The summed E-state index contributed by atoms with van der Waals surface area (Å²) < 4.78 is 2.10. The molecule has 1 atom stereocenters. The molecule has 0 aliphatic heterocycles. The number of aromatic nitrogens is 3. The first-order chi connectivity index (χ1) is 8.65. The Morgan fingerprint density at radius 2 is 2.28 bits per heavy atom. The van der Waals surface area contributed by atoms with Crippen molar-refractivity contribution >= 4 is 46.1 Å². The van der Waals surface area contributed by atoms with Gasteiger partial charge in [0.25, 0.3) is 0 Å². The van der Waals surface area contributed by atoms with Gasteiger partial charge in [-0.3, -0.25) is 0 Å². The molecule has 0 aromatic carbocycles. The molecule has 2 heterocycles. The second-order valence-corrected chi connectivity index (χ2v) is 5.94. The van der Waals surface area contributed by atoms with Crippen molar-refractivity contribution in [3.8, 4) is 0 Å². The van der Waals surface area contributed by atoms with E-state index in [2.05, 4.69) is 27.7 Å². The smallest absolute Gasteiger partial charge is 0.160 e. The maximum absolute atomic E-state index is 5.95. The van der Waals surface area contributed by atoms with E-state index in [1.807, 2.05) is 17.8 Å². The molecule has 18 heavy (non-hydrogen) atoms. The summed E-state index contributed by atoms with van der Waals surface area (Å²) >= 11 is 13.7. The third-order valence-corrected chi connectivity index (χ3v) is 4.04. The van der Waals surface area contributed by atoms with Gasteiger partial charge in [0.15, 0.2) is 5.65 Å². The van der Waals surface area contributed by atoms with Gasteiger partial charge in [0.2, 0.25) is 0 Å². The van der Waals surface area contributed by atoms with Gasteiger partial charge in [0.1, 0.15) is 11.3 Å². The molecular weight excluding hydrogens is 289 g/mol. The van der Waals surface area contributed by atoms with Crippen LogP contribution in [0.5, 0.6) is 0 Å². The first-order valence-corrected chi connectivity index (χ1v) is 8.02. The fourth-order valence-electron chi connectivity index (χ4n) is 1.98. The number of halogens is 2. The number of rotatable bonds is 5. The zero-order valence-electron chi connectivity index (χ0n) is 10.4. The lowest BCUT2D eigenvalue weighted by Gasteiger charge is -2.13. The van der Waals surface area contributed by atoms with Gasteiger partial charge in [-0.1, -0.05) is 18.5 Å². The van der Waals surface area contributed by atoms with Crippen LogP contribution in [0.1, 0.15) is 12.7 Å². The summed E-state index contributed by atoms with van der Waals surface area (Å²) in [5.41, 5.74) is 1.68. The monoisotopic (exact) mass is 303 g/mol. The fourth-order valence-corrected chi connectivity index (χ4v) is 3.01. The molecule has 1 unspecified atom stereocenters. The van der Waals surface area contributed by atoms with E-state index in [9.17, 15) is 0 Å². The van der Waals surface area contributed by atoms with Gasteiger partial charge in [0, 0.05) is 12.7 Å². The van der Waals surface area contributed by atoms with Crippen molar-refractivity contribution in [2.45, 2.75) is 19.3 Å². The molecule has 0 aliphatic carbocycles. The number of thioether (sulfide) groups is 1. The lowest BCUT2D eigenvalue weighted by atomic mass is 10.2. The SMILES string of the molecule is CSCC(C)Cn1c(CCl)nc2cc(Cl)cnc21. The summed E-state index contributed by atoms with van der Waals surface area (Å²) in [7, 11) is 0. The molecule has 0 fully saturated rings. The molecule has 2 aromatic heterocycles. The highest BCUT2D eigenvalue weighted by atomic mass is 35.5. The van der Waals surface area contributed by atoms with E-state index in [4.69, 9.17) is 23.2 Å². The summed E-state index contributed by atoms with van der Waals surface area (Å²) in [6.07, 6.45) is 3.77. The van der Waals surface area contributed by atoms with Gasteiger partial charge in [-0.05, 0) is 24.0 Å². The van der Waals surface area contributed by atoms with Crippen LogP contribution >= 0.6 is 35.0 Å². The molecular formula is C12H15Cl2N3S. The predicted octanol–water partition coefficient (Wildman–Crippen LogP) is 3.82. The van der Waals surface area contributed by atoms with Crippen molar-refractivity contribution in [2.24, 2.45) is 5.92 Å². The minimum Gasteiger partial charge on any atom is -0.311 e. The molecule has 0 saturated carbocycles. The van der Waals surface area contributed by atoms with Crippen LogP contribution in [-0.2, 0) is 12.4 Å². The van der Waals surface area contributed by atoms with E-state index in [1.54, 1.807) is 6.20 Å². The third kappa shape index (κ3) is 2.92. The number of alkyl halides is 1. The number of nitrogens with zero attached hydrogens (tertiary/aromatic N) is 3. The van der Waals surface area contributed by atoms with Crippen LogP contribution in [0, 0.1) is 5.92 Å². The number of imidazole rings is 1. The van der Waals surface area contributed by atoms with Crippen LogP contribution < -0.4 is 0 Å². The zero-order valence-corrected chi connectivity index (χ0v) is 12.7. The topological polar surface area (TPSA) is 30.7 Å². The number of hydrogen-bond acceptors (Lipinski definition) is 3. The van der Waals surface area contributed by atoms with Gasteiger partial charge in [-0.15, -0.1) is 11.6 Å². The Morgan fingerprint density at radius 3 is 2.94 bits per heavy atom. The molecule has 98 valence electrons. The van der Waals surface area contributed by atoms with Crippen molar-refractivity contribution in [1.82, 2.24) is 14.5 Å². The van der Waals surface area contributed by atoms with Crippen molar-refractivity contribution in [3.05, 3.63) is 23.1 Å². The van der Waals surface area contributed by atoms with E-state index in [0.29, 0.717) is 16.8 Å². The highest BCUT2D eigenvalue weighted by Gasteiger charge is 2.13. The first-order valence-electron chi connectivity index (χ1n) is 5.71. The molecule has 0 saturated heterocycles. The van der Waals surface area contributed by atoms with Crippen LogP contribution in [0.25, 0.3) is 11.2 Å². The Morgan fingerprint density at radius 1 is 1.50 bits per heavy atom. The quantitative estimate of drug-likeness (QED) is 0.787. The molecule has 0 radical (unpaired) electrons. The number of pyridine rings is 1. The Balaban J connectivity index is 2.40. The van der Waals surface area contributed by atoms with Gasteiger partial charge in [-0.25, -0.2) is 9.97 Å². The average molecular weight is 304 g/mol. The normalized spacial score (nSPS) is 13.1. The Labute approximate surface area is 121 Å². The van der Waals surface area contributed by atoms with E-state index in [1.165, 1.54) is 0 Å². The number of fused-ring (bicyclic) bond motifs is 1. The van der Waals surface area contributed by atoms with Crippen molar-refractivity contribution in [3.63, 3.8) is 0 Å². The second kappa shape index (κ2) is 6.13. The lowest BCUT2D eigenvalue weighted by molar-refractivity contribution is 0.528. The summed E-state index contributed by atoms with van der Waals surface area (Å²) in [5, 5.41) is 0.602. The average Bonchev–Trinajstić information content (AvgIpc) is 2.66. The standard InChI is InChI=1S/C12H15Cl2N3S/c1-8(7-18-2)6-17-11(4-13)16-10-3-9(14)5-15-12(10)17/h3,5,8H,4,6-7H2,1-2H3. The van der Waals surface area contributed by atoms with Crippen LogP contribution in [0.4, 0.5) is 0 Å². The summed E-state index contributed by atoms with van der Waals surface area (Å²) in [6, 6.07) is 1.83. The maximum Gasteiger partial charge on any atom is 0.160 e. The largest absolute Gasteiger partial charge is 0.311 e. The van der Waals surface area contributed by atoms with Crippen molar-refractivity contribution < 1.29 is 0 Å². The highest BCUT2D eigenvalue weighted by molar-refractivity contribution is 7.98. The molecule has 3 nitrogen and oxygen atoms in total.